The van der Waals surface area contributed by atoms with Gasteiger partial charge in [0.25, 0.3) is 0 Å². The standard InChI is InChI=1S/C10H18N4/c1-7(2)8(11)6-10-13-12-9-4-3-5-14(9)10/h7-8H,3-6,11H2,1-2H3. The first-order chi connectivity index (χ1) is 6.68. The van der Waals surface area contributed by atoms with E-state index < -0.39 is 0 Å². The third kappa shape index (κ3) is 1.66. The van der Waals surface area contributed by atoms with Crippen LogP contribution < -0.4 is 5.73 Å². The quantitative estimate of drug-likeness (QED) is 0.772. The van der Waals surface area contributed by atoms with Gasteiger partial charge in [-0.2, -0.15) is 0 Å². The van der Waals surface area contributed by atoms with Gasteiger partial charge in [-0.15, -0.1) is 10.2 Å². The molecule has 2 heterocycles. The lowest BCUT2D eigenvalue weighted by Gasteiger charge is -2.14. The predicted octanol–water partition coefficient (Wildman–Crippen LogP) is 0.750. The molecule has 0 bridgehead atoms. The van der Waals surface area contributed by atoms with E-state index in [1.54, 1.807) is 0 Å². The van der Waals surface area contributed by atoms with Crippen LogP contribution in [0, 0.1) is 5.92 Å². The zero-order valence-electron chi connectivity index (χ0n) is 8.90. The molecule has 2 rings (SSSR count). The van der Waals surface area contributed by atoms with E-state index in [0.29, 0.717) is 5.92 Å². The lowest BCUT2D eigenvalue weighted by molar-refractivity contribution is 0.472. The van der Waals surface area contributed by atoms with Crippen molar-refractivity contribution in [2.75, 3.05) is 0 Å². The Hall–Kier alpha value is -0.900. The molecular formula is C10H18N4. The molecule has 0 saturated heterocycles. The summed E-state index contributed by atoms with van der Waals surface area (Å²) in [6.07, 6.45) is 3.13. The molecule has 1 aromatic heterocycles. The Morgan fingerprint density at radius 3 is 2.93 bits per heavy atom. The van der Waals surface area contributed by atoms with Crippen LogP contribution in [0.25, 0.3) is 0 Å². The Labute approximate surface area is 84.5 Å². The normalized spacial score (nSPS) is 17.4. The maximum absolute atomic E-state index is 6.02. The number of hydrogen-bond donors (Lipinski definition) is 1. The number of aryl methyl sites for hydroxylation is 1. The van der Waals surface area contributed by atoms with Crippen LogP contribution >= 0.6 is 0 Å². The molecule has 0 fully saturated rings. The van der Waals surface area contributed by atoms with E-state index in [1.165, 1.54) is 6.42 Å². The molecule has 1 aromatic rings. The van der Waals surface area contributed by atoms with E-state index in [4.69, 9.17) is 5.73 Å². The fraction of sp³-hybridized carbons (Fsp3) is 0.800. The van der Waals surface area contributed by atoms with Crippen molar-refractivity contribution in [2.24, 2.45) is 11.7 Å². The summed E-state index contributed by atoms with van der Waals surface area (Å²) < 4.78 is 2.22. The number of fused-ring (bicyclic) bond motifs is 1. The molecule has 1 aliphatic rings. The van der Waals surface area contributed by atoms with Gasteiger partial charge in [0.2, 0.25) is 0 Å². The van der Waals surface area contributed by atoms with Gasteiger partial charge in [-0.3, -0.25) is 0 Å². The van der Waals surface area contributed by atoms with Crippen LogP contribution in [-0.4, -0.2) is 20.8 Å². The Morgan fingerprint density at radius 2 is 2.21 bits per heavy atom. The second-order valence-electron chi connectivity index (χ2n) is 4.40. The molecule has 1 unspecified atom stereocenters. The fourth-order valence-corrected chi connectivity index (χ4v) is 1.81. The first-order valence-electron chi connectivity index (χ1n) is 5.35. The highest BCUT2D eigenvalue weighted by molar-refractivity contribution is 5.02. The van der Waals surface area contributed by atoms with Crippen molar-refractivity contribution in [1.82, 2.24) is 14.8 Å². The van der Waals surface area contributed by atoms with Crippen molar-refractivity contribution in [3.05, 3.63) is 11.6 Å². The van der Waals surface area contributed by atoms with Gasteiger partial charge in [0.1, 0.15) is 11.6 Å². The molecule has 0 aromatic carbocycles. The molecule has 0 radical (unpaired) electrons. The van der Waals surface area contributed by atoms with E-state index >= 15 is 0 Å². The molecule has 0 saturated carbocycles. The summed E-state index contributed by atoms with van der Waals surface area (Å²) in [6, 6.07) is 0.198. The highest BCUT2D eigenvalue weighted by Crippen LogP contribution is 2.15. The summed E-state index contributed by atoms with van der Waals surface area (Å²) in [6.45, 7) is 5.36. The van der Waals surface area contributed by atoms with Crippen LogP contribution in [0.5, 0.6) is 0 Å². The van der Waals surface area contributed by atoms with Crippen LogP contribution in [0.4, 0.5) is 0 Å². The molecule has 2 N–H and O–H groups in total. The Morgan fingerprint density at radius 1 is 1.43 bits per heavy atom. The van der Waals surface area contributed by atoms with Crippen LogP contribution in [-0.2, 0) is 19.4 Å². The van der Waals surface area contributed by atoms with Crippen LogP contribution in [0.3, 0.4) is 0 Å². The second kappa shape index (κ2) is 3.69. The fourth-order valence-electron chi connectivity index (χ4n) is 1.81. The number of aromatic nitrogens is 3. The van der Waals surface area contributed by atoms with E-state index in [2.05, 4.69) is 28.6 Å². The highest BCUT2D eigenvalue weighted by atomic mass is 15.3. The van der Waals surface area contributed by atoms with Crippen LogP contribution in [0.15, 0.2) is 0 Å². The molecule has 14 heavy (non-hydrogen) atoms. The van der Waals surface area contributed by atoms with Crippen molar-refractivity contribution in [3.63, 3.8) is 0 Å². The maximum atomic E-state index is 6.02. The van der Waals surface area contributed by atoms with Gasteiger partial charge in [0, 0.05) is 25.4 Å². The first kappa shape index (κ1) is 9.65. The van der Waals surface area contributed by atoms with Crippen molar-refractivity contribution >= 4 is 0 Å². The summed E-state index contributed by atoms with van der Waals surface area (Å²) in [5, 5.41) is 8.36. The van der Waals surface area contributed by atoms with Crippen molar-refractivity contribution in [3.8, 4) is 0 Å². The van der Waals surface area contributed by atoms with Gasteiger partial charge in [-0.05, 0) is 12.3 Å². The summed E-state index contributed by atoms with van der Waals surface area (Å²) >= 11 is 0. The smallest absolute Gasteiger partial charge is 0.134 e. The van der Waals surface area contributed by atoms with Crippen LogP contribution in [0.1, 0.15) is 31.9 Å². The molecule has 0 spiro atoms. The largest absolute Gasteiger partial charge is 0.327 e. The molecule has 0 aliphatic carbocycles. The average molecular weight is 194 g/mol. The van der Waals surface area contributed by atoms with Gasteiger partial charge in [0.15, 0.2) is 0 Å². The van der Waals surface area contributed by atoms with Gasteiger partial charge < -0.3 is 10.3 Å². The van der Waals surface area contributed by atoms with Crippen molar-refractivity contribution in [2.45, 2.75) is 45.7 Å². The van der Waals surface area contributed by atoms with E-state index in [-0.39, 0.29) is 6.04 Å². The van der Waals surface area contributed by atoms with Crippen molar-refractivity contribution in [1.29, 1.82) is 0 Å². The molecule has 78 valence electrons. The lowest BCUT2D eigenvalue weighted by atomic mass is 10.0. The van der Waals surface area contributed by atoms with Crippen LogP contribution in [0.2, 0.25) is 0 Å². The van der Waals surface area contributed by atoms with Gasteiger partial charge in [-0.1, -0.05) is 13.8 Å². The third-order valence-corrected chi connectivity index (χ3v) is 2.96. The Bertz CT molecular complexity index is 316. The molecule has 4 nitrogen and oxygen atoms in total. The zero-order valence-corrected chi connectivity index (χ0v) is 8.90. The minimum Gasteiger partial charge on any atom is -0.327 e. The average Bonchev–Trinajstić information content (AvgIpc) is 2.69. The van der Waals surface area contributed by atoms with Gasteiger partial charge in [0.05, 0.1) is 0 Å². The van der Waals surface area contributed by atoms with Gasteiger partial charge >= 0.3 is 0 Å². The Balaban J connectivity index is 2.10. The van der Waals surface area contributed by atoms with E-state index in [9.17, 15) is 0 Å². The first-order valence-corrected chi connectivity index (χ1v) is 5.35. The molecule has 1 aliphatic heterocycles. The lowest BCUT2D eigenvalue weighted by Crippen LogP contribution is -2.30. The molecule has 4 heteroatoms. The number of nitrogens with zero attached hydrogens (tertiary/aromatic N) is 3. The summed E-state index contributed by atoms with van der Waals surface area (Å²) in [4.78, 5) is 0. The Kier molecular flexibility index (Phi) is 2.54. The summed E-state index contributed by atoms with van der Waals surface area (Å²) in [7, 11) is 0. The number of rotatable bonds is 3. The minimum atomic E-state index is 0.198. The zero-order chi connectivity index (χ0) is 10.1. The minimum absolute atomic E-state index is 0.198. The van der Waals surface area contributed by atoms with Crippen molar-refractivity contribution < 1.29 is 0 Å². The summed E-state index contributed by atoms with van der Waals surface area (Å²) in [5.74, 6) is 2.71. The molecule has 1 atom stereocenters. The summed E-state index contributed by atoms with van der Waals surface area (Å²) in [5.41, 5.74) is 6.02. The SMILES string of the molecule is CC(C)C(N)Cc1nnc2n1CCC2. The van der Waals surface area contributed by atoms with E-state index in [0.717, 1.165) is 31.0 Å². The third-order valence-electron chi connectivity index (χ3n) is 2.96. The molecular weight excluding hydrogens is 176 g/mol. The predicted molar refractivity (Wildman–Crippen MR) is 54.9 cm³/mol. The number of hydrogen-bond acceptors (Lipinski definition) is 3. The maximum Gasteiger partial charge on any atom is 0.134 e. The monoisotopic (exact) mass is 194 g/mol. The topological polar surface area (TPSA) is 56.7 Å². The highest BCUT2D eigenvalue weighted by Gasteiger charge is 2.19. The number of nitrogens with two attached hydrogens (primary N) is 1. The van der Waals surface area contributed by atoms with E-state index in [1.807, 2.05) is 0 Å². The molecule has 0 amide bonds. The second-order valence-corrected chi connectivity index (χ2v) is 4.40. The van der Waals surface area contributed by atoms with Gasteiger partial charge in [-0.25, -0.2) is 0 Å².